The third-order valence-electron chi connectivity index (χ3n) is 3.76. The summed E-state index contributed by atoms with van der Waals surface area (Å²) in [7, 11) is 0. The van der Waals surface area contributed by atoms with Crippen LogP contribution in [0.5, 0.6) is 5.75 Å². The lowest BCUT2D eigenvalue weighted by Crippen LogP contribution is -2.42. The number of hydrogen-bond acceptors (Lipinski definition) is 2. The van der Waals surface area contributed by atoms with E-state index in [9.17, 15) is 0 Å². The molecular weight excluding hydrogens is 246 g/mol. The van der Waals surface area contributed by atoms with Crippen LogP contribution < -0.4 is 10.1 Å². The first-order valence-corrected chi connectivity index (χ1v) is 7.55. The molecule has 2 nitrogen and oxygen atoms in total. The van der Waals surface area contributed by atoms with Crippen LogP contribution in [0.3, 0.4) is 0 Å². The molecule has 2 aromatic rings. The van der Waals surface area contributed by atoms with Crippen molar-refractivity contribution in [2.45, 2.75) is 39.2 Å². The van der Waals surface area contributed by atoms with Gasteiger partial charge in [-0.05, 0) is 49.2 Å². The molecule has 0 heterocycles. The van der Waals surface area contributed by atoms with Crippen molar-refractivity contribution in [1.82, 2.24) is 5.32 Å². The maximum absolute atomic E-state index is 6.24. The van der Waals surface area contributed by atoms with E-state index >= 15 is 0 Å². The number of rotatable bonds is 7. The van der Waals surface area contributed by atoms with E-state index < -0.39 is 0 Å². The Hall–Kier alpha value is -1.54. The molecule has 2 rings (SSSR count). The lowest BCUT2D eigenvalue weighted by molar-refractivity contribution is 0.0839. The zero-order chi connectivity index (χ0) is 14.4. The van der Waals surface area contributed by atoms with Crippen LogP contribution in [-0.4, -0.2) is 18.7 Å². The third-order valence-corrected chi connectivity index (χ3v) is 3.76. The Morgan fingerprint density at radius 2 is 1.80 bits per heavy atom. The van der Waals surface area contributed by atoms with Gasteiger partial charge in [-0.3, -0.25) is 0 Å². The lowest BCUT2D eigenvalue weighted by Gasteiger charge is -2.30. The molecule has 0 bridgehead atoms. The van der Waals surface area contributed by atoms with Crippen molar-refractivity contribution in [2.75, 3.05) is 13.1 Å². The van der Waals surface area contributed by atoms with Crippen molar-refractivity contribution in [3.8, 4) is 5.75 Å². The number of nitrogens with one attached hydrogen (secondary N) is 1. The Bertz CT molecular complexity index is 552. The maximum Gasteiger partial charge on any atom is 0.120 e. The van der Waals surface area contributed by atoms with E-state index in [0.717, 1.165) is 31.7 Å². The second-order valence-electron chi connectivity index (χ2n) is 5.59. The highest BCUT2D eigenvalue weighted by atomic mass is 16.5. The van der Waals surface area contributed by atoms with Crippen LogP contribution in [0.4, 0.5) is 0 Å². The highest BCUT2D eigenvalue weighted by molar-refractivity contribution is 5.83. The van der Waals surface area contributed by atoms with E-state index in [-0.39, 0.29) is 5.60 Å². The van der Waals surface area contributed by atoms with Gasteiger partial charge in [-0.2, -0.15) is 0 Å². The van der Waals surface area contributed by atoms with Crippen LogP contribution in [0.2, 0.25) is 0 Å². The van der Waals surface area contributed by atoms with Crippen LogP contribution in [-0.2, 0) is 0 Å². The average molecular weight is 271 g/mol. The summed E-state index contributed by atoms with van der Waals surface area (Å²) in [6.45, 7) is 8.45. The van der Waals surface area contributed by atoms with Crippen LogP contribution in [0, 0.1) is 0 Å². The SMILES string of the molecule is CCCNCC(C)(CC)Oc1ccc2ccccc2c1. The smallest absolute Gasteiger partial charge is 0.120 e. The van der Waals surface area contributed by atoms with Crippen LogP contribution in [0.1, 0.15) is 33.6 Å². The van der Waals surface area contributed by atoms with Crippen LogP contribution in [0.25, 0.3) is 10.8 Å². The van der Waals surface area contributed by atoms with Gasteiger partial charge in [0.05, 0.1) is 0 Å². The molecule has 20 heavy (non-hydrogen) atoms. The first-order chi connectivity index (χ1) is 9.67. The summed E-state index contributed by atoms with van der Waals surface area (Å²) in [5, 5.41) is 5.94. The summed E-state index contributed by atoms with van der Waals surface area (Å²) in [4.78, 5) is 0. The first-order valence-electron chi connectivity index (χ1n) is 7.55. The zero-order valence-corrected chi connectivity index (χ0v) is 12.8. The lowest BCUT2D eigenvalue weighted by atomic mass is 10.0. The zero-order valence-electron chi connectivity index (χ0n) is 12.8. The van der Waals surface area contributed by atoms with E-state index in [1.807, 2.05) is 0 Å². The fourth-order valence-corrected chi connectivity index (χ4v) is 2.28. The Labute approximate surface area is 122 Å². The highest BCUT2D eigenvalue weighted by Crippen LogP contribution is 2.25. The molecule has 0 radical (unpaired) electrons. The van der Waals surface area contributed by atoms with E-state index in [0.29, 0.717) is 0 Å². The fourth-order valence-electron chi connectivity index (χ4n) is 2.28. The van der Waals surface area contributed by atoms with Gasteiger partial charge >= 0.3 is 0 Å². The summed E-state index contributed by atoms with van der Waals surface area (Å²) >= 11 is 0. The van der Waals surface area contributed by atoms with Gasteiger partial charge in [0.2, 0.25) is 0 Å². The van der Waals surface area contributed by atoms with Gasteiger partial charge < -0.3 is 10.1 Å². The third kappa shape index (κ3) is 3.73. The second kappa shape index (κ2) is 6.76. The van der Waals surface area contributed by atoms with Crippen LogP contribution >= 0.6 is 0 Å². The minimum absolute atomic E-state index is 0.155. The largest absolute Gasteiger partial charge is 0.486 e. The summed E-state index contributed by atoms with van der Waals surface area (Å²) in [5.41, 5.74) is -0.155. The Balaban J connectivity index is 2.12. The van der Waals surface area contributed by atoms with Crippen molar-refractivity contribution >= 4 is 10.8 Å². The van der Waals surface area contributed by atoms with Crippen molar-refractivity contribution in [2.24, 2.45) is 0 Å². The average Bonchev–Trinajstić information content (AvgIpc) is 2.47. The number of benzene rings is 2. The molecule has 0 aliphatic heterocycles. The van der Waals surface area contributed by atoms with Gasteiger partial charge in [0.25, 0.3) is 0 Å². The van der Waals surface area contributed by atoms with Crippen molar-refractivity contribution < 1.29 is 4.74 Å². The van der Waals surface area contributed by atoms with Gasteiger partial charge in [0.1, 0.15) is 11.4 Å². The van der Waals surface area contributed by atoms with Crippen LogP contribution in [0.15, 0.2) is 42.5 Å². The van der Waals surface area contributed by atoms with E-state index in [2.05, 4.69) is 68.6 Å². The van der Waals surface area contributed by atoms with Gasteiger partial charge in [0.15, 0.2) is 0 Å². The summed E-state index contributed by atoms with van der Waals surface area (Å²) < 4.78 is 6.24. The molecule has 0 saturated heterocycles. The van der Waals surface area contributed by atoms with Crippen molar-refractivity contribution in [3.05, 3.63) is 42.5 Å². The predicted octanol–water partition coefficient (Wildman–Crippen LogP) is 4.39. The van der Waals surface area contributed by atoms with E-state index in [1.165, 1.54) is 10.8 Å². The highest BCUT2D eigenvalue weighted by Gasteiger charge is 2.23. The molecule has 1 N–H and O–H groups in total. The minimum Gasteiger partial charge on any atom is -0.486 e. The quantitative estimate of drug-likeness (QED) is 0.754. The molecule has 0 aliphatic carbocycles. The molecule has 0 aliphatic rings. The van der Waals surface area contributed by atoms with Crippen molar-refractivity contribution in [1.29, 1.82) is 0 Å². The number of fused-ring (bicyclic) bond motifs is 1. The molecule has 0 amide bonds. The standard InChI is InChI=1S/C18H25NO/c1-4-12-19-14-18(3,5-2)20-17-11-10-15-8-6-7-9-16(15)13-17/h6-11,13,19H,4-5,12,14H2,1-3H3. The molecule has 2 heteroatoms. The second-order valence-corrected chi connectivity index (χ2v) is 5.59. The fraction of sp³-hybridized carbons (Fsp3) is 0.444. The maximum atomic E-state index is 6.24. The summed E-state index contributed by atoms with van der Waals surface area (Å²) in [6.07, 6.45) is 2.13. The van der Waals surface area contributed by atoms with Gasteiger partial charge in [-0.1, -0.05) is 44.2 Å². The first kappa shape index (κ1) is 14.9. The van der Waals surface area contributed by atoms with Gasteiger partial charge in [-0.15, -0.1) is 0 Å². The molecule has 1 atom stereocenters. The van der Waals surface area contributed by atoms with E-state index in [4.69, 9.17) is 4.74 Å². The number of ether oxygens (including phenoxy) is 1. The molecule has 0 saturated carbocycles. The molecule has 1 unspecified atom stereocenters. The summed E-state index contributed by atoms with van der Waals surface area (Å²) in [6, 6.07) is 14.7. The topological polar surface area (TPSA) is 21.3 Å². The van der Waals surface area contributed by atoms with Crippen molar-refractivity contribution in [3.63, 3.8) is 0 Å². The molecule has 0 spiro atoms. The van der Waals surface area contributed by atoms with E-state index in [1.54, 1.807) is 0 Å². The normalized spacial score (nSPS) is 14.2. The summed E-state index contributed by atoms with van der Waals surface area (Å²) in [5.74, 6) is 0.950. The predicted molar refractivity (Wildman–Crippen MR) is 86.4 cm³/mol. The molecule has 108 valence electrons. The minimum atomic E-state index is -0.155. The molecule has 2 aromatic carbocycles. The van der Waals surface area contributed by atoms with Gasteiger partial charge in [0, 0.05) is 6.54 Å². The molecular formula is C18H25NO. The van der Waals surface area contributed by atoms with Gasteiger partial charge in [-0.25, -0.2) is 0 Å². The molecule has 0 fully saturated rings. The molecule has 0 aromatic heterocycles. The Morgan fingerprint density at radius 1 is 1.05 bits per heavy atom. The number of hydrogen-bond donors (Lipinski definition) is 1. The Morgan fingerprint density at radius 3 is 2.50 bits per heavy atom. The Kier molecular flexibility index (Phi) is 5.02. The monoisotopic (exact) mass is 271 g/mol.